The van der Waals surface area contributed by atoms with Crippen molar-refractivity contribution in [3.8, 4) is 5.75 Å². The topological polar surface area (TPSA) is 87.3 Å². The van der Waals surface area contributed by atoms with Gasteiger partial charge in [-0.25, -0.2) is 9.88 Å². The van der Waals surface area contributed by atoms with Crippen LogP contribution in [0.1, 0.15) is 38.8 Å². The zero-order chi connectivity index (χ0) is 25.5. The van der Waals surface area contributed by atoms with Gasteiger partial charge in [-0.1, -0.05) is 48.8 Å². The third-order valence-electron chi connectivity index (χ3n) is 6.50. The molecule has 9 heteroatoms. The van der Waals surface area contributed by atoms with Crippen molar-refractivity contribution in [3.63, 3.8) is 0 Å². The van der Waals surface area contributed by atoms with Gasteiger partial charge in [0.1, 0.15) is 11.6 Å². The van der Waals surface area contributed by atoms with Crippen LogP contribution >= 0.6 is 15.9 Å². The molecule has 1 aliphatic rings. The number of hydrogen-bond donors (Lipinski definition) is 2. The molecule has 0 saturated carbocycles. The van der Waals surface area contributed by atoms with Gasteiger partial charge in [0.05, 0.1) is 23.3 Å². The number of carbonyl (C=O) groups excluding carboxylic acids is 2. The molecular formula is C26H29BrN4O3Si. The van der Waals surface area contributed by atoms with Crippen molar-refractivity contribution in [2.45, 2.75) is 45.8 Å². The van der Waals surface area contributed by atoms with Crippen molar-refractivity contribution in [1.29, 1.82) is 0 Å². The van der Waals surface area contributed by atoms with E-state index in [0.29, 0.717) is 28.3 Å². The van der Waals surface area contributed by atoms with Gasteiger partial charge in [0.15, 0.2) is 0 Å². The fourth-order valence-electron chi connectivity index (χ4n) is 3.69. The second-order valence-corrected chi connectivity index (χ2v) is 15.7. The van der Waals surface area contributed by atoms with Crippen LogP contribution in [-0.4, -0.2) is 30.1 Å². The summed E-state index contributed by atoms with van der Waals surface area (Å²) in [5.74, 6) is 0.551. The molecule has 35 heavy (non-hydrogen) atoms. The number of anilines is 2. The van der Waals surface area contributed by atoms with Crippen molar-refractivity contribution in [1.82, 2.24) is 9.97 Å². The summed E-state index contributed by atoms with van der Waals surface area (Å²) < 4.78 is 7.35. The van der Waals surface area contributed by atoms with E-state index >= 15 is 0 Å². The maximum atomic E-state index is 13.6. The number of imide groups is 1. The Labute approximate surface area is 214 Å². The molecule has 0 unspecified atom stereocenters. The molecule has 0 radical (unpaired) electrons. The highest BCUT2D eigenvalue weighted by Gasteiger charge is 2.40. The van der Waals surface area contributed by atoms with Crippen molar-refractivity contribution in [3.05, 3.63) is 70.6 Å². The SMILES string of the molecule is CC(=O)N1C(=O)/C(=C(\Nc2c[nH]cn2)c2cccc(O[Si](C)(C)C(C)(C)C)c2)c2cc(Br)ccc21. The number of halogens is 1. The average molecular weight is 554 g/mol. The van der Waals surface area contributed by atoms with E-state index in [1.54, 1.807) is 18.6 Å². The van der Waals surface area contributed by atoms with E-state index in [4.69, 9.17) is 4.43 Å². The normalized spacial score (nSPS) is 15.2. The number of benzene rings is 2. The van der Waals surface area contributed by atoms with Gasteiger partial charge in [-0.2, -0.15) is 0 Å². The Morgan fingerprint density at radius 2 is 1.91 bits per heavy atom. The molecule has 0 aliphatic carbocycles. The van der Waals surface area contributed by atoms with Crippen LogP contribution in [0.25, 0.3) is 11.3 Å². The standard InChI is InChI=1S/C26H29BrN4O3Si/c1-16(32)31-21-11-10-18(27)13-20(21)23(25(31)33)24(30-22-14-28-15-29-22)17-8-7-9-19(12-17)34-35(5,6)26(2,3)4/h7-15,30H,1-6H3,(H,28,29)/b24-23-. The lowest BCUT2D eigenvalue weighted by molar-refractivity contribution is -0.122. The van der Waals surface area contributed by atoms with Gasteiger partial charge in [0.2, 0.25) is 14.2 Å². The summed E-state index contributed by atoms with van der Waals surface area (Å²) >= 11 is 3.51. The van der Waals surface area contributed by atoms with Gasteiger partial charge in [-0.15, -0.1) is 0 Å². The summed E-state index contributed by atoms with van der Waals surface area (Å²) in [6.45, 7) is 12.4. The van der Waals surface area contributed by atoms with E-state index in [1.807, 2.05) is 36.4 Å². The lowest BCUT2D eigenvalue weighted by Gasteiger charge is -2.36. The Morgan fingerprint density at radius 1 is 1.17 bits per heavy atom. The largest absolute Gasteiger partial charge is 0.543 e. The van der Waals surface area contributed by atoms with Crippen LogP contribution in [0, 0.1) is 0 Å². The molecule has 0 saturated heterocycles. The zero-order valence-electron chi connectivity index (χ0n) is 20.7. The average Bonchev–Trinajstić information content (AvgIpc) is 3.36. The summed E-state index contributed by atoms with van der Waals surface area (Å²) in [6, 6.07) is 13.1. The van der Waals surface area contributed by atoms with Crippen LogP contribution in [0.2, 0.25) is 18.1 Å². The minimum Gasteiger partial charge on any atom is -0.543 e. The number of nitrogens with zero attached hydrogens (tertiary/aromatic N) is 2. The zero-order valence-corrected chi connectivity index (χ0v) is 23.3. The molecule has 3 aromatic rings. The number of carbonyl (C=O) groups is 2. The first kappa shape index (κ1) is 24.9. The van der Waals surface area contributed by atoms with Crippen molar-refractivity contribution in [2.24, 2.45) is 0 Å². The first-order chi connectivity index (χ1) is 16.4. The molecule has 4 rings (SSSR count). The number of imidazole rings is 1. The molecule has 2 N–H and O–H groups in total. The number of aromatic amines is 1. The molecule has 0 atom stereocenters. The van der Waals surface area contributed by atoms with Crippen LogP contribution < -0.4 is 14.6 Å². The molecule has 182 valence electrons. The molecule has 0 spiro atoms. The Hall–Kier alpha value is -3.17. The summed E-state index contributed by atoms with van der Waals surface area (Å²) in [5.41, 5.74) is 2.91. The third kappa shape index (κ3) is 4.83. The predicted octanol–water partition coefficient (Wildman–Crippen LogP) is 6.43. The van der Waals surface area contributed by atoms with E-state index in [0.717, 1.165) is 15.8 Å². The van der Waals surface area contributed by atoms with Crippen LogP contribution in [0.4, 0.5) is 11.5 Å². The molecule has 2 aromatic carbocycles. The summed E-state index contributed by atoms with van der Waals surface area (Å²) in [5, 5.41) is 3.34. The van der Waals surface area contributed by atoms with E-state index < -0.39 is 8.32 Å². The molecule has 1 aliphatic heterocycles. The van der Waals surface area contributed by atoms with Crippen molar-refractivity contribution < 1.29 is 14.0 Å². The molecule has 2 heterocycles. The molecular weight excluding hydrogens is 524 g/mol. The smallest absolute Gasteiger partial charge is 0.267 e. The monoisotopic (exact) mass is 552 g/mol. The Morgan fingerprint density at radius 3 is 2.54 bits per heavy atom. The van der Waals surface area contributed by atoms with Crippen molar-refractivity contribution >= 4 is 58.8 Å². The highest BCUT2D eigenvalue weighted by Crippen LogP contribution is 2.43. The summed E-state index contributed by atoms with van der Waals surface area (Å²) in [4.78, 5) is 34.5. The van der Waals surface area contributed by atoms with Crippen LogP contribution in [0.15, 0.2) is 59.5 Å². The number of amides is 2. The second-order valence-electron chi connectivity index (χ2n) is 10.0. The number of aromatic nitrogens is 2. The van der Waals surface area contributed by atoms with Gasteiger partial charge < -0.3 is 14.7 Å². The van der Waals surface area contributed by atoms with E-state index in [-0.39, 0.29) is 16.9 Å². The second kappa shape index (κ2) is 9.12. The Balaban J connectivity index is 1.91. The van der Waals surface area contributed by atoms with Gasteiger partial charge in [-0.3, -0.25) is 9.59 Å². The minimum atomic E-state index is -2.08. The molecule has 2 amide bonds. The van der Waals surface area contributed by atoms with E-state index in [1.165, 1.54) is 11.8 Å². The molecule has 0 bridgehead atoms. The van der Waals surface area contributed by atoms with Gasteiger partial charge in [0.25, 0.3) is 5.91 Å². The summed E-state index contributed by atoms with van der Waals surface area (Å²) in [7, 11) is -2.08. The van der Waals surface area contributed by atoms with Gasteiger partial charge >= 0.3 is 0 Å². The van der Waals surface area contributed by atoms with E-state index in [9.17, 15) is 9.59 Å². The minimum absolute atomic E-state index is 0.0339. The first-order valence-electron chi connectivity index (χ1n) is 11.3. The number of fused-ring (bicyclic) bond motifs is 1. The lowest BCUT2D eigenvalue weighted by atomic mass is 10.00. The Bertz CT molecular complexity index is 1330. The van der Waals surface area contributed by atoms with Gasteiger partial charge in [-0.05, 0) is 48.5 Å². The third-order valence-corrected chi connectivity index (χ3v) is 11.4. The lowest BCUT2D eigenvalue weighted by Crippen LogP contribution is -2.43. The maximum Gasteiger partial charge on any atom is 0.267 e. The first-order valence-corrected chi connectivity index (χ1v) is 15.0. The maximum absolute atomic E-state index is 13.6. The number of hydrogen-bond acceptors (Lipinski definition) is 5. The highest BCUT2D eigenvalue weighted by atomic mass is 79.9. The molecule has 7 nitrogen and oxygen atoms in total. The fourth-order valence-corrected chi connectivity index (χ4v) is 5.08. The number of rotatable bonds is 5. The van der Waals surface area contributed by atoms with Crippen LogP contribution in [-0.2, 0) is 9.59 Å². The number of nitrogens with one attached hydrogen (secondary N) is 2. The Kier molecular flexibility index (Phi) is 6.50. The number of H-pyrrole nitrogens is 1. The quantitative estimate of drug-likeness (QED) is 0.281. The van der Waals surface area contributed by atoms with Crippen molar-refractivity contribution in [2.75, 3.05) is 10.2 Å². The van der Waals surface area contributed by atoms with Gasteiger partial charge in [0, 0.05) is 28.7 Å². The molecule has 1 aromatic heterocycles. The van der Waals surface area contributed by atoms with Crippen LogP contribution in [0.5, 0.6) is 5.75 Å². The fraction of sp³-hybridized carbons (Fsp3) is 0.269. The summed E-state index contributed by atoms with van der Waals surface area (Å²) in [6.07, 6.45) is 3.27. The van der Waals surface area contributed by atoms with E-state index in [2.05, 4.69) is 65.1 Å². The highest BCUT2D eigenvalue weighted by molar-refractivity contribution is 9.10. The predicted molar refractivity (Wildman–Crippen MR) is 146 cm³/mol. The van der Waals surface area contributed by atoms with Crippen LogP contribution in [0.3, 0.4) is 0 Å². The molecule has 0 fully saturated rings.